The molecular formula is C32H34F6N6O6. The largest absolute Gasteiger partial charge is 0.490 e. The highest BCUT2D eigenvalue weighted by Crippen LogP contribution is 2.30. The number of nitrogens with two attached hydrogens (primary N) is 1. The molecule has 3 aromatic rings. The molecule has 270 valence electrons. The minimum atomic E-state index is -5.08. The van der Waals surface area contributed by atoms with Crippen molar-refractivity contribution in [3.8, 4) is 11.1 Å². The molecular weight excluding hydrogens is 678 g/mol. The third kappa shape index (κ3) is 13.5. The Kier molecular flexibility index (Phi) is 14.9. The van der Waals surface area contributed by atoms with Crippen molar-refractivity contribution in [2.24, 2.45) is 5.73 Å². The van der Waals surface area contributed by atoms with Crippen LogP contribution in [0.2, 0.25) is 0 Å². The molecule has 18 heteroatoms. The van der Waals surface area contributed by atoms with Crippen LogP contribution in [0.25, 0.3) is 11.1 Å². The Morgan fingerprint density at radius 3 is 1.98 bits per heavy atom. The lowest BCUT2D eigenvalue weighted by molar-refractivity contribution is -0.193. The Balaban J connectivity index is 0.000000521. The molecule has 1 saturated heterocycles. The first-order chi connectivity index (χ1) is 23.3. The van der Waals surface area contributed by atoms with Crippen molar-refractivity contribution >= 4 is 29.6 Å². The number of amides is 2. The van der Waals surface area contributed by atoms with Crippen molar-refractivity contribution in [3.05, 3.63) is 89.7 Å². The number of amidine groups is 1. The van der Waals surface area contributed by atoms with Crippen molar-refractivity contribution in [2.45, 2.75) is 56.7 Å². The fourth-order valence-corrected chi connectivity index (χ4v) is 4.43. The molecule has 50 heavy (non-hydrogen) atoms. The van der Waals surface area contributed by atoms with Crippen LogP contribution in [0.4, 0.5) is 26.3 Å². The standard InChI is InChI=1S/C28H32N6O2.2C2HF3O2/c1-18(27(35)33-16-19-4-6-22(7-5-19)26(29)30)34-28(36)25-15-23(12-14-32-25)20-8-10-21(11-9-20)24-3-2-13-31-17-24;2*3-2(4,5)1(6)7/h2-11,13,17-18,23,25,32H,12,14-16H2,1H3,(H3,29,30)(H,33,35)(H,34,36);2*(H,6,7)/t18?,23-,25+;;/m0../s1. The number of pyridine rings is 1. The van der Waals surface area contributed by atoms with Crippen molar-refractivity contribution in [3.63, 3.8) is 0 Å². The molecule has 1 aromatic heterocycles. The molecule has 1 fully saturated rings. The summed E-state index contributed by atoms with van der Waals surface area (Å²) < 4.78 is 63.5. The number of carboxylic acid groups (broad SMARTS) is 2. The van der Waals surface area contributed by atoms with Gasteiger partial charge in [-0.05, 0) is 60.5 Å². The van der Waals surface area contributed by atoms with Gasteiger partial charge in [0.1, 0.15) is 11.9 Å². The Morgan fingerprint density at radius 1 is 0.940 bits per heavy atom. The number of hydrogen-bond acceptors (Lipinski definition) is 7. The monoisotopic (exact) mass is 712 g/mol. The first-order valence-corrected chi connectivity index (χ1v) is 14.6. The van der Waals surface area contributed by atoms with Gasteiger partial charge < -0.3 is 31.9 Å². The number of carbonyl (C=O) groups excluding carboxylic acids is 2. The van der Waals surface area contributed by atoms with Crippen molar-refractivity contribution in [2.75, 3.05) is 6.54 Å². The number of carboxylic acids is 2. The van der Waals surface area contributed by atoms with E-state index >= 15 is 0 Å². The maximum atomic E-state index is 12.9. The summed E-state index contributed by atoms with van der Waals surface area (Å²) in [4.78, 5) is 47.4. The first kappa shape index (κ1) is 40.7. The van der Waals surface area contributed by atoms with Gasteiger partial charge in [0, 0.05) is 24.5 Å². The minimum Gasteiger partial charge on any atom is -0.475 e. The fourth-order valence-electron chi connectivity index (χ4n) is 4.43. The Bertz CT molecular complexity index is 1580. The highest BCUT2D eigenvalue weighted by molar-refractivity contribution is 5.95. The summed E-state index contributed by atoms with van der Waals surface area (Å²) in [7, 11) is 0. The number of alkyl halides is 6. The summed E-state index contributed by atoms with van der Waals surface area (Å²) in [6.45, 7) is 2.75. The zero-order chi connectivity index (χ0) is 37.6. The van der Waals surface area contributed by atoms with Gasteiger partial charge in [0.25, 0.3) is 0 Å². The number of nitrogens with one attached hydrogen (secondary N) is 4. The summed E-state index contributed by atoms with van der Waals surface area (Å²) in [5, 5.41) is 30.7. The highest BCUT2D eigenvalue weighted by Gasteiger charge is 2.39. The molecule has 1 aliphatic heterocycles. The van der Waals surface area contributed by atoms with Gasteiger partial charge in [-0.1, -0.05) is 54.6 Å². The third-order valence-corrected chi connectivity index (χ3v) is 7.07. The zero-order valence-corrected chi connectivity index (χ0v) is 26.3. The number of aliphatic carboxylic acids is 2. The van der Waals surface area contributed by atoms with Gasteiger partial charge in [-0.15, -0.1) is 0 Å². The predicted molar refractivity (Wildman–Crippen MR) is 168 cm³/mol. The smallest absolute Gasteiger partial charge is 0.475 e. The zero-order valence-electron chi connectivity index (χ0n) is 26.3. The van der Waals surface area contributed by atoms with Gasteiger partial charge in [0.2, 0.25) is 11.8 Å². The van der Waals surface area contributed by atoms with Crippen LogP contribution in [0, 0.1) is 5.41 Å². The Labute approximate surface area is 281 Å². The summed E-state index contributed by atoms with van der Waals surface area (Å²) in [6, 6.07) is 18.5. The van der Waals surface area contributed by atoms with Crippen LogP contribution in [0.15, 0.2) is 73.1 Å². The number of rotatable bonds is 8. The van der Waals surface area contributed by atoms with E-state index in [-0.39, 0.29) is 29.6 Å². The molecule has 8 N–H and O–H groups in total. The van der Waals surface area contributed by atoms with Crippen LogP contribution in [-0.4, -0.2) is 75.8 Å². The van der Waals surface area contributed by atoms with E-state index in [9.17, 15) is 35.9 Å². The SMILES string of the molecule is CC(NC(=O)[C@H]1C[C@@H](c2ccc(-c3cccnc3)cc2)CCN1)C(=O)NCc1ccc(C(=N)N)cc1.O=C(O)C(F)(F)F.O=C(O)C(F)(F)F. The van der Waals surface area contributed by atoms with E-state index in [1.54, 1.807) is 25.3 Å². The number of nitrogen functional groups attached to an aromatic ring is 1. The Morgan fingerprint density at radius 2 is 1.50 bits per heavy atom. The average Bonchev–Trinajstić information content (AvgIpc) is 3.07. The van der Waals surface area contributed by atoms with Gasteiger partial charge in [-0.2, -0.15) is 26.3 Å². The van der Waals surface area contributed by atoms with Gasteiger partial charge in [-0.25, -0.2) is 9.59 Å². The number of piperidine rings is 1. The van der Waals surface area contributed by atoms with Crippen LogP contribution in [0.5, 0.6) is 0 Å². The van der Waals surface area contributed by atoms with E-state index < -0.39 is 30.3 Å². The molecule has 0 aliphatic carbocycles. The van der Waals surface area contributed by atoms with E-state index in [4.69, 9.17) is 30.9 Å². The molecule has 1 unspecified atom stereocenters. The molecule has 4 rings (SSSR count). The number of benzene rings is 2. The topological polar surface area (TPSA) is 208 Å². The first-order valence-electron chi connectivity index (χ1n) is 14.6. The van der Waals surface area contributed by atoms with E-state index in [2.05, 4.69) is 45.2 Å². The molecule has 0 saturated carbocycles. The number of carbonyl (C=O) groups is 4. The van der Waals surface area contributed by atoms with Crippen molar-refractivity contribution in [1.82, 2.24) is 20.9 Å². The summed E-state index contributed by atoms with van der Waals surface area (Å²) in [5.41, 5.74) is 10.4. The molecule has 0 spiro atoms. The van der Waals surface area contributed by atoms with Crippen LogP contribution in [0.3, 0.4) is 0 Å². The van der Waals surface area contributed by atoms with Gasteiger partial charge in [0.05, 0.1) is 6.04 Å². The second kappa shape index (κ2) is 18.3. The van der Waals surface area contributed by atoms with Gasteiger partial charge in [0.15, 0.2) is 0 Å². The predicted octanol–water partition coefficient (Wildman–Crippen LogP) is 3.96. The van der Waals surface area contributed by atoms with E-state index in [1.807, 2.05) is 30.5 Å². The van der Waals surface area contributed by atoms with Crippen molar-refractivity contribution in [1.29, 1.82) is 5.41 Å². The Hall–Kier alpha value is -5.52. The molecule has 2 aromatic carbocycles. The normalized spacial score (nSPS) is 16.2. The van der Waals surface area contributed by atoms with E-state index in [0.29, 0.717) is 18.5 Å². The number of hydrogen-bond donors (Lipinski definition) is 7. The van der Waals surface area contributed by atoms with E-state index in [1.165, 1.54) is 5.56 Å². The second-order valence-electron chi connectivity index (χ2n) is 10.8. The summed E-state index contributed by atoms with van der Waals surface area (Å²) in [6.07, 6.45) is -4.93. The summed E-state index contributed by atoms with van der Waals surface area (Å²) in [5.74, 6) is -5.66. The quantitative estimate of drug-likeness (QED) is 0.102. The molecule has 2 amide bonds. The fraction of sp³-hybridized carbons (Fsp3) is 0.312. The van der Waals surface area contributed by atoms with E-state index in [0.717, 1.165) is 29.7 Å². The molecule has 3 atom stereocenters. The van der Waals surface area contributed by atoms with Gasteiger partial charge >= 0.3 is 24.3 Å². The number of halogens is 6. The molecule has 2 heterocycles. The number of aromatic nitrogens is 1. The molecule has 1 aliphatic rings. The lowest BCUT2D eigenvalue weighted by Crippen LogP contribution is -2.53. The maximum Gasteiger partial charge on any atom is 0.490 e. The minimum absolute atomic E-state index is 0.00207. The third-order valence-electron chi connectivity index (χ3n) is 7.07. The van der Waals surface area contributed by atoms with Crippen LogP contribution < -0.4 is 21.7 Å². The average molecular weight is 713 g/mol. The number of nitrogens with zero attached hydrogens (tertiary/aromatic N) is 1. The van der Waals surface area contributed by atoms with Crippen LogP contribution >= 0.6 is 0 Å². The van der Waals surface area contributed by atoms with Gasteiger partial charge in [-0.3, -0.25) is 20.0 Å². The van der Waals surface area contributed by atoms with Crippen LogP contribution in [0.1, 0.15) is 42.4 Å². The van der Waals surface area contributed by atoms with Crippen molar-refractivity contribution < 1.29 is 55.7 Å². The highest BCUT2D eigenvalue weighted by atomic mass is 19.4. The lowest BCUT2D eigenvalue weighted by atomic mass is 9.85. The lowest BCUT2D eigenvalue weighted by Gasteiger charge is -2.30. The maximum absolute atomic E-state index is 12.9. The molecule has 0 bridgehead atoms. The second-order valence-corrected chi connectivity index (χ2v) is 10.8. The molecule has 0 radical (unpaired) electrons. The molecule has 12 nitrogen and oxygen atoms in total. The summed E-state index contributed by atoms with van der Waals surface area (Å²) >= 11 is 0. The van der Waals surface area contributed by atoms with Crippen LogP contribution in [-0.2, 0) is 25.7 Å².